The number of carbonyl (C=O) groups excluding carboxylic acids is 1. The SMILES string of the molecule is CN(Cc1cccs1)C(=O)CSc1nc2scc(-c3ccc(F)cc3)c2c(=O)[nH]1. The molecule has 1 aromatic carbocycles. The fourth-order valence-electron chi connectivity index (χ4n) is 2.80. The lowest BCUT2D eigenvalue weighted by Gasteiger charge is -2.15. The van der Waals surface area contributed by atoms with Crippen LogP contribution in [0.25, 0.3) is 21.3 Å². The molecule has 0 aliphatic carbocycles. The number of fused-ring (bicyclic) bond motifs is 1. The van der Waals surface area contributed by atoms with Gasteiger partial charge in [0.25, 0.3) is 5.56 Å². The molecule has 148 valence electrons. The first kappa shape index (κ1) is 19.8. The Hall–Kier alpha value is -2.49. The van der Waals surface area contributed by atoms with E-state index in [4.69, 9.17) is 0 Å². The second kappa shape index (κ2) is 8.48. The van der Waals surface area contributed by atoms with Gasteiger partial charge >= 0.3 is 0 Å². The van der Waals surface area contributed by atoms with Gasteiger partial charge in [0.1, 0.15) is 10.6 Å². The van der Waals surface area contributed by atoms with Crippen molar-refractivity contribution in [2.45, 2.75) is 11.7 Å². The van der Waals surface area contributed by atoms with Crippen LogP contribution in [0.5, 0.6) is 0 Å². The average molecular weight is 446 g/mol. The maximum absolute atomic E-state index is 13.2. The zero-order valence-electron chi connectivity index (χ0n) is 15.3. The molecule has 0 bridgehead atoms. The van der Waals surface area contributed by atoms with Crippen molar-refractivity contribution in [2.75, 3.05) is 12.8 Å². The van der Waals surface area contributed by atoms with Crippen LogP contribution in [0.3, 0.4) is 0 Å². The Morgan fingerprint density at radius 3 is 2.76 bits per heavy atom. The molecule has 0 unspecified atom stereocenters. The fourth-order valence-corrected chi connectivity index (χ4v) is 5.37. The van der Waals surface area contributed by atoms with Crippen LogP contribution in [0.2, 0.25) is 0 Å². The largest absolute Gasteiger partial charge is 0.340 e. The third-order valence-corrected chi connectivity index (χ3v) is 6.90. The number of hydrogen-bond donors (Lipinski definition) is 1. The third-order valence-electron chi connectivity index (χ3n) is 4.31. The molecule has 4 rings (SSSR count). The first-order valence-corrected chi connectivity index (χ1v) is 11.4. The summed E-state index contributed by atoms with van der Waals surface area (Å²) < 4.78 is 13.2. The van der Waals surface area contributed by atoms with Crippen LogP contribution >= 0.6 is 34.4 Å². The summed E-state index contributed by atoms with van der Waals surface area (Å²) in [6.07, 6.45) is 0. The van der Waals surface area contributed by atoms with Crippen LogP contribution < -0.4 is 5.56 Å². The number of rotatable bonds is 6. The van der Waals surface area contributed by atoms with Gasteiger partial charge in [0, 0.05) is 22.9 Å². The van der Waals surface area contributed by atoms with Gasteiger partial charge in [-0.2, -0.15) is 0 Å². The van der Waals surface area contributed by atoms with Gasteiger partial charge in [0.15, 0.2) is 5.16 Å². The van der Waals surface area contributed by atoms with E-state index in [2.05, 4.69) is 9.97 Å². The van der Waals surface area contributed by atoms with E-state index < -0.39 is 0 Å². The summed E-state index contributed by atoms with van der Waals surface area (Å²) in [6.45, 7) is 0.562. The van der Waals surface area contributed by atoms with E-state index in [1.54, 1.807) is 35.4 Å². The number of nitrogens with zero attached hydrogens (tertiary/aromatic N) is 2. The zero-order valence-corrected chi connectivity index (χ0v) is 17.8. The molecule has 1 N–H and O–H groups in total. The second-order valence-corrected chi connectivity index (χ2v) is 9.18. The van der Waals surface area contributed by atoms with Crippen LogP contribution in [0, 0.1) is 5.82 Å². The van der Waals surface area contributed by atoms with Crippen molar-refractivity contribution in [3.63, 3.8) is 0 Å². The number of carbonyl (C=O) groups is 1. The van der Waals surface area contributed by atoms with Crippen LogP contribution in [-0.4, -0.2) is 33.6 Å². The molecule has 29 heavy (non-hydrogen) atoms. The molecule has 3 aromatic heterocycles. The quantitative estimate of drug-likeness (QED) is 0.348. The molecule has 3 heterocycles. The highest BCUT2D eigenvalue weighted by atomic mass is 32.2. The predicted molar refractivity (Wildman–Crippen MR) is 117 cm³/mol. The minimum absolute atomic E-state index is 0.0377. The third kappa shape index (κ3) is 4.42. The lowest BCUT2D eigenvalue weighted by Crippen LogP contribution is -2.27. The number of hydrogen-bond acceptors (Lipinski definition) is 6. The van der Waals surface area contributed by atoms with Crippen LogP contribution in [0.4, 0.5) is 4.39 Å². The molecule has 0 radical (unpaired) electrons. The number of H-pyrrole nitrogens is 1. The number of amides is 1. The van der Waals surface area contributed by atoms with Gasteiger partial charge in [0.2, 0.25) is 5.91 Å². The van der Waals surface area contributed by atoms with Crippen LogP contribution in [-0.2, 0) is 11.3 Å². The maximum atomic E-state index is 13.2. The lowest BCUT2D eigenvalue weighted by atomic mass is 10.1. The maximum Gasteiger partial charge on any atom is 0.260 e. The first-order valence-electron chi connectivity index (χ1n) is 8.68. The van der Waals surface area contributed by atoms with Crippen molar-refractivity contribution < 1.29 is 9.18 Å². The molecule has 0 aliphatic heterocycles. The summed E-state index contributed by atoms with van der Waals surface area (Å²) in [5.74, 6) is -0.177. The Labute approximate surface area is 178 Å². The normalized spacial score (nSPS) is 11.1. The number of aromatic nitrogens is 2. The highest BCUT2D eigenvalue weighted by Crippen LogP contribution is 2.31. The zero-order chi connectivity index (χ0) is 20.4. The minimum Gasteiger partial charge on any atom is -0.340 e. The van der Waals surface area contributed by atoms with E-state index in [1.165, 1.54) is 35.2 Å². The van der Waals surface area contributed by atoms with E-state index in [9.17, 15) is 14.0 Å². The van der Waals surface area contributed by atoms with Gasteiger partial charge < -0.3 is 9.88 Å². The molecule has 0 spiro atoms. The molecule has 0 saturated heterocycles. The summed E-state index contributed by atoms with van der Waals surface area (Å²) in [6, 6.07) is 9.95. The van der Waals surface area contributed by atoms with Crippen LogP contribution in [0.15, 0.2) is 57.1 Å². The Bertz CT molecular complexity index is 1200. The Morgan fingerprint density at radius 1 is 1.24 bits per heavy atom. The van der Waals surface area contributed by atoms with Crippen molar-refractivity contribution in [2.24, 2.45) is 0 Å². The van der Waals surface area contributed by atoms with Crippen molar-refractivity contribution in [1.29, 1.82) is 0 Å². The molecule has 1 amide bonds. The monoisotopic (exact) mass is 445 g/mol. The van der Waals surface area contributed by atoms with Gasteiger partial charge in [-0.25, -0.2) is 9.37 Å². The van der Waals surface area contributed by atoms with Gasteiger partial charge in [-0.15, -0.1) is 22.7 Å². The molecule has 5 nitrogen and oxygen atoms in total. The average Bonchev–Trinajstić information content (AvgIpc) is 3.36. The molecule has 0 fully saturated rings. The molecular weight excluding hydrogens is 429 g/mol. The minimum atomic E-state index is -0.326. The summed E-state index contributed by atoms with van der Waals surface area (Å²) in [5, 5.41) is 4.71. The second-order valence-electron chi connectivity index (χ2n) is 6.33. The number of halogens is 1. The number of thioether (sulfide) groups is 1. The molecule has 0 aliphatic rings. The molecule has 0 atom stereocenters. The highest BCUT2D eigenvalue weighted by Gasteiger charge is 2.15. The Balaban J connectivity index is 1.50. The van der Waals surface area contributed by atoms with Crippen molar-refractivity contribution in [3.8, 4) is 11.1 Å². The molecule has 4 aromatic rings. The van der Waals surface area contributed by atoms with E-state index in [0.717, 1.165) is 16.0 Å². The van der Waals surface area contributed by atoms with Gasteiger partial charge in [-0.3, -0.25) is 9.59 Å². The van der Waals surface area contributed by atoms with Crippen molar-refractivity contribution in [3.05, 3.63) is 68.2 Å². The van der Waals surface area contributed by atoms with E-state index in [0.29, 0.717) is 21.9 Å². The number of nitrogens with one attached hydrogen (secondary N) is 1. The highest BCUT2D eigenvalue weighted by molar-refractivity contribution is 7.99. The summed E-state index contributed by atoms with van der Waals surface area (Å²) in [7, 11) is 1.76. The summed E-state index contributed by atoms with van der Waals surface area (Å²) >= 11 is 4.17. The Kier molecular flexibility index (Phi) is 5.79. The van der Waals surface area contributed by atoms with E-state index in [-0.39, 0.29) is 23.0 Å². The molecular formula is C20H16FN3O2S3. The van der Waals surface area contributed by atoms with Crippen LogP contribution in [0.1, 0.15) is 4.88 Å². The summed E-state index contributed by atoms with van der Waals surface area (Å²) in [5.41, 5.74) is 1.22. The van der Waals surface area contributed by atoms with Crippen molar-refractivity contribution in [1.82, 2.24) is 14.9 Å². The fraction of sp³-hybridized carbons (Fsp3) is 0.150. The molecule has 0 saturated carbocycles. The van der Waals surface area contributed by atoms with Gasteiger partial charge in [-0.05, 0) is 29.1 Å². The van der Waals surface area contributed by atoms with Gasteiger partial charge in [-0.1, -0.05) is 30.0 Å². The topological polar surface area (TPSA) is 66.1 Å². The smallest absolute Gasteiger partial charge is 0.260 e. The van der Waals surface area contributed by atoms with E-state index >= 15 is 0 Å². The number of aromatic amines is 1. The number of benzene rings is 1. The molecule has 9 heteroatoms. The number of thiophene rings is 2. The predicted octanol–water partition coefficient (Wildman–Crippen LogP) is 4.60. The van der Waals surface area contributed by atoms with Gasteiger partial charge in [0.05, 0.1) is 17.7 Å². The summed E-state index contributed by atoms with van der Waals surface area (Å²) in [4.78, 5) is 35.6. The van der Waals surface area contributed by atoms with Crippen molar-refractivity contribution >= 4 is 50.6 Å². The standard InChI is InChI=1S/C20H16FN3O2S3/c1-24(9-14-3-2-8-27-14)16(25)11-29-20-22-18(26)17-15(10-28-19(17)23-20)12-4-6-13(21)7-5-12/h2-8,10H,9,11H2,1H3,(H,22,23,26). The lowest BCUT2D eigenvalue weighted by molar-refractivity contribution is -0.127. The first-order chi connectivity index (χ1) is 14.0. The van der Waals surface area contributed by atoms with E-state index in [1.807, 2.05) is 22.9 Å². The Morgan fingerprint density at radius 2 is 2.03 bits per heavy atom.